The minimum atomic E-state index is -0.518. The summed E-state index contributed by atoms with van der Waals surface area (Å²) in [5.74, 6) is 0.890. The standard InChI is InChI=1S/C14H17NO5/c1-4-14(2)12(16)8-13(14)20-11-7-9(15(17)18)5-6-10(11)19-3/h5-7,13H,4,8H2,1-3H3. The average molecular weight is 279 g/mol. The number of nitro groups is 1. The number of ether oxygens (including phenoxy) is 2. The lowest BCUT2D eigenvalue weighted by molar-refractivity contribution is -0.385. The van der Waals surface area contributed by atoms with Gasteiger partial charge in [-0.1, -0.05) is 6.92 Å². The van der Waals surface area contributed by atoms with E-state index in [1.165, 1.54) is 25.3 Å². The fourth-order valence-electron chi connectivity index (χ4n) is 2.30. The molecule has 0 spiro atoms. The number of rotatable bonds is 5. The largest absolute Gasteiger partial charge is 0.493 e. The Morgan fingerprint density at radius 1 is 1.45 bits per heavy atom. The highest BCUT2D eigenvalue weighted by molar-refractivity contribution is 5.92. The van der Waals surface area contributed by atoms with E-state index in [0.717, 1.165) is 0 Å². The smallest absolute Gasteiger partial charge is 0.273 e. The Kier molecular flexibility index (Phi) is 3.65. The Morgan fingerprint density at radius 3 is 2.65 bits per heavy atom. The first-order valence-electron chi connectivity index (χ1n) is 6.44. The third-order valence-corrected chi connectivity index (χ3v) is 4.08. The van der Waals surface area contributed by atoms with Crippen molar-refractivity contribution in [3.63, 3.8) is 0 Å². The second-order valence-corrected chi connectivity index (χ2v) is 5.10. The Morgan fingerprint density at radius 2 is 2.15 bits per heavy atom. The van der Waals surface area contributed by atoms with Crippen LogP contribution in [0.4, 0.5) is 5.69 Å². The van der Waals surface area contributed by atoms with E-state index in [1.54, 1.807) is 0 Å². The van der Waals surface area contributed by atoms with Gasteiger partial charge in [0.25, 0.3) is 5.69 Å². The highest BCUT2D eigenvalue weighted by atomic mass is 16.6. The molecule has 0 saturated heterocycles. The van der Waals surface area contributed by atoms with Gasteiger partial charge in [-0.25, -0.2) is 0 Å². The van der Waals surface area contributed by atoms with Gasteiger partial charge >= 0.3 is 0 Å². The van der Waals surface area contributed by atoms with E-state index in [9.17, 15) is 14.9 Å². The van der Waals surface area contributed by atoms with E-state index in [2.05, 4.69) is 0 Å². The molecule has 1 aliphatic rings. The van der Waals surface area contributed by atoms with Crippen molar-refractivity contribution in [2.75, 3.05) is 7.11 Å². The molecule has 1 aromatic carbocycles. The first-order chi connectivity index (χ1) is 9.42. The molecular weight excluding hydrogens is 262 g/mol. The Balaban J connectivity index is 2.27. The second kappa shape index (κ2) is 5.11. The third kappa shape index (κ3) is 2.21. The van der Waals surface area contributed by atoms with E-state index >= 15 is 0 Å². The van der Waals surface area contributed by atoms with Crippen LogP contribution < -0.4 is 9.47 Å². The molecule has 0 N–H and O–H groups in total. The van der Waals surface area contributed by atoms with Crippen molar-refractivity contribution < 1.29 is 19.2 Å². The molecule has 6 nitrogen and oxygen atoms in total. The van der Waals surface area contributed by atoms with E-state index in [0.29, 0.717) is 24.3 Å². The highest BCUT2D eigenvalue weighted by Gasteiger charge is 2.51. The van der Waals surface area contributed by atoms with Gasteiger partial charge in [-0.15, -0.1) is 0 Å². The summed E-state index contributed by atoms with van der Waals surface area (Å²) in [5.41, 5.74) is -0.583. The van der Waals surface area contributed by atoms with Crippen molar-refractivity contribution in [1.82, 2.24) is 0 Å². The van der Waals surface area contributed by atoms with Crippen LogP contribution in [0.25, 0.3) is 0 Å². The molecule has 0 aliphatic heterocycles. The van der Waals surface area contributed by atoms with Crippen molar-refractivity contribution in [2.45, 2.75) is 32.8 Å². The van der Waals surface area contributed by atoms with Crippen molar-refractivity contribution in [3.8, 4) is 11.5 Å². The summed E-state index contributed by atoms with van der Waals surface area (Å²) in [5, 5.41) is 10.8. The molecule has 6 heteroatoms. The van der Waals surface area contributed by atoms with Crippen molar-refractivity contribution in [1.29, 1.82) is 0 Å². The van der Waals surface area contributed by atoms with Crippen molar-refractivity contribution in [2.24, 2.45) is 5.41 Å². The van der Waals surface area contributed by atoms with E-state index < -0.39 is 10.3 Å². The predicted octanol–water partition coefficient (Wildman–Crippen LogP) is 2.74. The molecule has 0 aromatic heterocycles. The van der Waals surface area contributed by atoms with Crippen LogP contribution in [0, 0.1) is 15.5 Å². The molecule has 108 valence electrons. The van der Waals surface area contributed by atoms with Crippen LogP contribution in [0.5, 0.6) is 11.5 Å². The molecule has 0 amide bonds. The fourth-order valence-corrected chi connectivity index (χ4v) is 2.30. The van der Waals surface area contributed by atoms with Gasteiger partial charge < -0.3 is 9.47 Å². The monoisotopic (exact) mass is 279 g/mol. The van der Waals surface area contributed by atoms with E-state index in [1.807, 2.05) is 13.8 Å². The van der Waals surface area contributed by atoms with Crippen LogP contribution >= 0.6 is 0 Å². The maximum absolute atomic E-state index is 11.7. The van der Waals surface area contributed by atoms with Gasteiger partial charge in [0.2, 0.25) is 0 Å². The van der Waals surface area contributed by atoms with Gasteiger partial charge in [-0.2, -0.15) is 0 Å². The molecule has 0 radical (unpaired) electrons. The van der Waals surface area contributed by atoms with E-state index in [4.69, 9.17) is 9.47 Å². The highest BCUT2D eigenvalue weighted by Crippen LogP contribution is 2.44. The fraction of sp³-hybridized carbons (Fsp3) is 0.500. The third-order valence-electron chi connectivity index (χ3n) is 4.08. The minimum Gasteiger partial charge on any atom is -0.493 e. The van der Waals surface area contributed by atoms with Gasteiger partial charge in [0, 0.05) is 12.5 Å². The molecule has 1 aliphatic carbocycles. The van der Waals surface area contributed by atoms with Crippen LogP contribution in [0.3, 0.4) is 0 Å². The number of nitrogens with zero attached hydrogens (tertiary/aromatic N) is 1. The predicted molar refractivity (Wildman–Crippen MR) is 72.1 cm³/mol. The summed E-state index contributed by atoms with van der Waals surface area (Å²) in [4.78, 5) is 22.0. The molecular formula is C14H17NO5. The summed E-state index contributed by atoms with van der Waals surface area (Å²) in [7, 11) is 1.47. The summed E-state index contributed by atoms with van der Waals surface area (Å²) in [6, 6.07) is 4.19. The summed E-state index contributed by atoms with van der Waals surface area (Å²) < 4.78 is 10.9. The number of nitro benzene ring substituents is 1. The molecule has 20 heavy (non-hydrogen) atoms. The number of non-ortho nitro benzene ring substituents is 1. The Bertz CT molecular complexity index is 556. The van der Waals surface area contributed by atoms with Crippen LogP contribution in [-0.2, 0) is 4.79 Å². The Labute approximate surface area is 116 Å². The average Bonchev–Trinajstić information content (AvgIpc) is 2.45. The first kappa shape index (κ1) is 14.3. The quantitative estimate of drug-likeness (QED) is 0.611. The minimum absolute atomic E-state index is 0.0651. The zero-order chi connectivity index (χ0) is 14.9. The number of benzene rings is 1. The van der Waals surface area contributed by atoms with Gasteiger partial charge in [-0.05, 0) is 19.4 Å². The van der Waals surface area contributed by atoms with Crippen molar-refractivity contribution >= 4 is 11.5 Å². The zero-order valence-corrected chi connectivity index (χ0v) is 11.7. The summed E-state index contributed by atoms with van der Waals surface area (Å²) in [6.45, 7) is 3.78. The van der Waals surface area contributed by atoms with E-state index in [-0.39, 0.29) is 17.6 Å². The first-order valence-corrected chi connectivity index (χ1v) is 6.44. The maximum Gasteiger partial charge on any atom is 0.273 e. The SMILES string of the molecule is CCC1(C)C(=O)CC1Oc1cc([N+](=O)[O-])ccc1OC. The molecule has 1 aromatic rings. The molecule has 0 bridgehead atoms. The van der Waals surface area contributed by atoms with Crippen LogP contribution in [-0.4, -0.2) is 23.9 Å². The molecule has 0 heterocycles. The number of carbonyl (C=O) groups excluding carboxylic acids is 1. The molecule has 2 rings (SSSR count). The second-order valence-electron chi connectivity index (χ2n) is 5.10. The number of ketones is 1. The maximum atomic E-state index is 11.7. The van der Waals surface area contributed by atoms with Crippen LogP contribution in [0.1, 0.15) is 26.7 Å². The molecule has 1 saturated carbocycles. The normalized spacial score (nSPS) is 24.9. The lowest BCUT2D eigenvalue weighted by Gasteiger charge is -2.44. The summed E-state index contributed by atoms with van der Waals surface area (Å²) in [6.07, 6.45) is 0.736. The van der Waals surface area contributed by atoms with Gasteiger partial charge in [0.1, 0.15) is 11.9 Å². The van der Waals surface area contributed by atoms with Gasteiger partial charge in [-0.3, -0.25) is 14.9 Å². The Hall–Kier alpha value is -2.11. The van der Waals surface area contributed by atoms with Gasteiger partial charge in [0.15, 0.2) is 11.5 Å². The molecule has 2 atom stereocenters. The lowest BCUT2D eigenvalue weighted by atomic mass is 9.64. The van der Waals surface area contributed by atoms with Crippen LogP contribution in [0.2, 0.25) is 0 Å². The zero-order valence-electron chi connectivity index (χ0n) is 11.7. The van der Waals surface area contributed by atoms with Crippen LogP contribution in [0.15, 0.2) is 18.2 Å². The number of hydrogen-bond donors (Lipinski definition) is 0. The summed E-state index contributed by atoms with van der Waals surface area (Å²) >= 11 is 0. The number of Topliss-reactive ketones (excluding diaryl/α,β-unsaturated/α-hetero) is 1. The number of carbonyl (C=O) groups is 1. The van der Waals surface area contributed by atoms with Crippen molar-refractivity contribution in [3.05, 3.63) is 28.3 Å². The topological polar surface area (TPSA) is 78.7 Å². The van der Waals surface area contributed by atoms with Gasteiger partial charge in [0.05, 0.1) is 23.5 Å². The number of methoxy groups -OCH3 is 1. The number of hydrogen-bond acceptors (Lipinski definition) is 5. The molecule has 2 unspecified atom stereocenters. The molecule has 1 fully saturated rings. The lowest BCUT2D eigenvalue weighted by Crippen LogP contribution is -2.54.